The lowest BCUT2D eigenvalue weighted by atomic mass is 10.2. The number of hydrogen-bond acceptors (Lipinski definition) is 4. The van der Waals surface area contributed by atoms with Crippen molar-refractivity contribution in [1.82, 2.24) is 5.32 Å². The average molecular weight is 276 g/mol. The van der Waals surface area contributed by atoms with E-state index >= 15 is 0 Å². The van der Waals surface area contributed by atoms with Crippen LogP contribution in [-0.4, -0.2) is 31.7 Å². The van der Waals surface area contributed by atoms with Crippen LogP contribution in [0.25, 0.3) is 0 Å². The molecule has 1 unspecified atom stereocenters. The molecule has 5 heteroatoms. The number of amides is 1. The van der Waals surface area contributed by atoms with E-state index in [0.717, 1.165) is 17.4 Å². The van der Waals surface area contributed by atoms with Gasteiger partial charge in [-0.05, 0) is 37.8 Å². The van der Waals surface area contributed by atoms with Crippen LogP contribution in [0.5, 0.6) is 11.5 Å². The van der Waals surface area contributed by atoms with Crippen LogP contribution in [0.3, 0.4) is 0 Å². The quantitative estimate of drug-likeness (QED) is 0.860. The fraction of sp³-hybridized carbons (Fsp3) is 0.533. The molecule has 0 saturated heterocycles. The van der Waals surface area contributed by atoms with Gasteiger partial charge in [0.25, 0.3) is 0 Å². The van der Waals surface area contributed by atoms with E-state index in [1.54, 1.807) is 6.07 Å². The van der Waals surface area contributed by atoms with E-state index in [0.29, 0.717) is 31.5 Å². The molecule has 0 spiro atoms. The van der Waals surface area contributed by atoms with E-state index in [1.807, 2.05) is 12.1 Å². The highest BCUT2D eigenvalue weighted by Gasteiger charge is 2.27. The van der Waals surface area contributed by atoms with Gasteiger partial charge in [0, 0.05) is 17.8 Å². The predicted molar refractivity (Wildman–Crippen MR) is 76.3 cm³/mol. The number of benzene rings is 1. The third kappa shape index (κ3) is 3.22. The molecule has 20 heavy (non-hydrogen) atoms. The molecule has 0 aromatic heterocycles. The first-order valence-corrected chi connectivity index (χ1v) is 7.15. The summed E-state index contributed by atoms with van der Waals surface area (Å²) in [7, 11) is 0. The van der Waals surface area contributed by atoms with Crippen molar-refractivity contribution in [2.24, 2.45) is 5.92 Å². The van der Waals surface area contributed by atoms with Crippen LogP contribution in [0.4, 0.5) is 5.69 Å². The van der Waals surface area contributed by atoms with Gasteiger partial charge in [-0.2, -0.15) is 0 Å². The zero-order chi connectivity index (χ0) is 13.9. The van der Waals surface area contributed by atoms with E-state index in [4.69, 9.17) is 9.47 Å². The molecule has 1 aromatic carbocycles. The standard InChI is InChI=1S/C15H20N2O3/c1-10(11-2-3-11)16-9-15(18)17-12-4-5-13-14(8-12)20-7-6-19-13/h4-5,8,10-11,16H,2-3,6-7,9H2,1H3,(H,17,18). The first kappa shape index (κ1) is 13.2. The smallest absolute Gasteiger partial charge is 0.238 e. The summed E-state index contributed by atoms with van der Waals surface area (Å²) in [5.41, 5.74) is 0.736. The molecular weight excluding hydrogens is 256 g/mol. The zero-order valence-corrected chi connectivity index (χ0v) is 11.6. The Hall–Kier alpha value is -1.75. The van der Waals surface area contributed by atoms with E-state index in [-0.39, 0.29) is 5.91 Å². The Balaban J connectivity index is 1.52. The summed E-state index contributed by atoms with van der Waals surface area (Å²) in [6.07, 6.45) is 2.55. The van der Waals surface area contributed by atoms with Crippen LogP contribution >= 0.6 is 0 Å². The summed E-state index contributed by atoms with van der Waals surface area (Å²) in [6, 6.07) is 5.87. The first-order chi connectivity index (χ1) is 9.72. The lowest BCUT2D eigenvalue weighted by molar-refractivity contribution is -0.115. The molecule has 1 heterocycles. The molecule has 0 bridgehead atoms. The number of rotatable bonds is 5. The number of nitrogens with one attached hydrogen (secondary N) is 2. The molecule has 108 valence electrons. The maximum absolute atomic E-state index is 11.9. The van der Waals surface area contributed by atoms with Gasteiger partial charge in [0.2, 0.25) is 5.91 Å². The van der Waals surface area contributed by atoms with Gasteiger partial charge in [-0.3, -0.25) is 4.79 Å². The molecule has 1 saturated carbocycles. The van der Waals surface area contributed by atoms with Crippen molar-refractivity contribution in [1.29, 1.82) is 0 Å². The SMILES string of the molecule is CC(NCC(=O)Nc1ccc2c(c1)OCCO2)C1CC1. The van der Waals surface area contributed by atoms with E-state index in [1.165, 1.54) is 12.8 Å². The minimum atomic E-state index is -0.0332. The summed E-state index contributed by atoms with van der Waals surface area (Å²) in [5, 5.41) is 6.13. The maximum Gasteiger partial charge on any atom is 0.238 e. The summed E-state index contributed by atoms with van der Waals surface area (Å²) in [5.74, 6) is 2.13. The van der Waals surface area contributed by atoms with Crippen LogP contribution < -0.4 is 20.1 Å². The van der Waals surface area contributed by atoms with Crippen molar-refractivity contribution < 1.29 is 14.3 Å². The molecule has 2 N–H and O–H groups in total. The lowest BCUT2D eigenvalue weighted by Crippen LogP contribution is -2.35. The zero-order valence-electron chi connectivity index (χ0n) is 11.6. The van der Waals surface area contributed by atoms with Crippen LogP contribution in [-0.2, 0) is 4.79 Å². The third-order valence-corrected chi connectivity index (χ3v) is 3.74. The highest BCUT2D eigenvalue weighted by Crippen LogP contribution is 2.33. The normalized spacial score (nSPS) is 18.4. The minimum absolute atomic E-state index is 0.0332. The van der Waals surface area contributed by atoms with Crippen LogP contribution in [0, 0.1) is 5.92 Å². The van der Waals surface area contributed by atoms with Crippen molar-refractivity contribution in [2.75, 3.05) is 25.1 Å². The average Bonchev–Trinajstić information content (AvgIpc) is 3.29. The van der Waals surface area contributed by atoms with Crippen molar-refractivity contribution in [3.05, 3.63) is 18.2 Å². The summed E-state index contributed by atoms with van der Waals surface area (Å²) >= 11 is 0. The van der Waals surface area contributed by atoms with Crippen LogP contribution in [0.1, 0.15) is 19.8 Å². The van der Waals surface area contributed by atoms with Crippen molar-refractivity contribution in [3.8, 4) is 11.5 Å². The summed E-state index contributed by atoms with van der Waals surface area (Å²) in [4.78, 5) is 11.9. The number of carbonyl (C=O) groups excluding carboxylic acids is 1. The maximum atomic E-state index is 11.9. The van der Waals surface area contributed by atoms with Gasteiger partial charge in [-0.15, -0.1) is 0 Å². The van der Waals surface area contributed by atoms with Gasteiger partial charge in [-0.25, -0.2) is 0 Å². The minimum Gasteiger partial charge on any atom is -0.486 e. The highest BCUT2D eigenvalue weighted by molar-refractivity contribution is 5.92. The van der Waals surface area contributed by atoms with Gasteiger partial charge in [-0.1, -0.05) is 0 Å². The Morgan fingerprint density at radius 2 is 2.05 bits per heavy atom. The topological polar surface area (TPSA) is 59.6 Å². The van der Waals surface area contributed by atoms with Gasteiger partial charge in [0.1, 0.15) is 13.2 Å². The Labute approximate surface area is 118 Å². The fourth-order valence-electron chi connectivity index (χ4n) is 2.34. The van der Waals surface area contributed by atoms with Gasteiger partial charge < -0.3 is 20.1 Å². The number of ether oxygens (including phenoxy) is 2. The predicted octanol–water partition coefficient (Wildman–Crippen LogP) is 1.78. The second kappa shape index (κ2) is 5.71. The van der Waals surface area contributed by atoms with Crippen molar-refractivity contribution in [2.45, 2.75) is 25.8 Å². The molecule has 1 amide bonds. The number of hydrogen-bond donors (Lipinski definition) is 2. The number of anilines is 1. The second-order valence-corrected chi connectivity index (χ2v) is 5.41. The third-order valence-electron chi connectivity index (χ3n) is 3.74. The van der Waals surface area contributed by atoms with E-state index in [2.05, 4.69) is 17.6 Å². The van der Waals surface area contributed by atoms with Gasteiger partial charge in [0.05, 0.1) is 6.54 Å². The van der Waals surface area contributed by atoms with Gasteiger partial charge >= 0.3 is 0 Å². The summed E-state index contributed by atoms with van der Waals surface area (Å²) in [6.45, 7) is 3.59. The summed E-state index contributed by atoms with van der Waals surface area (Å²) < 4.78 is 10.9. The Morgan fingerprint density at radius 1 is 1.30 bits per heavy atom. The van der Waals surface area contributed by atoms with E-state index in [9.17, 15) is 4.79 Å². The van der Waals surface area contributed by atoms with Crippen molar-refractivity contribution in [3.63, 3.8) is 0 Å². The van der Waals surface area contributed by atoms with Crippen LogP contribution in [0.2, 0.25) is 0 Å². The van der Waals surface area contributed by atoms with Gasteiger partial charge in [0.15, 0.2) is 11.5 Å². The molecule has 1 aliphatic carbocycles. The molecule has 1 aliphatic heterocycles. The Bertz CT molecular complexity index is 500. The fourth-order valence-corrected chi connectivity index (χ4v) is 2.34. The number of fused-ring (bicyclic) bond motifs is 1. The molecule has 1 atom stereocenters. The molecule has 1 aromatic rings. The molecule has 0 radical (unpaired) electrons. The van der Waals surface area contributed by atoms with Crippen molar-refractivity contribution >= 4 is 11.6 Å². The van der Waals surface area contributed by atoms with E-state index < -0.39 is 0 Å². The Kier molecular flexibility index (Phi) is 3.78. The molecule has 5 nitrogen and oxygen atoms in total. The lowest BCUT2D eigenvalue weighted by Gasteiger charge is -2.19. The first-order valence-electron chi connectivity index (χ1n) is 7.15. The second-order valence-electron chi connectivity index (χ2n) is 5.41. The largest absolute Gasteiger partial charge is 0.486 e. The highest BCUT2D eigenvalue weighted by atomic mass is 16.6. The molecular formula is C15H20N2O3. The molecule has 1 fully saturated rings. The van der Waals surface area contributed by atoms with Crippen LogP contribution in [0.15, 0.2) is 18.2 Å². The number of carbonyl (C=O) groups is 1. The molecule has 2 aliphatic rings. The monoisotopic (exact) mass is 276 g/mol. The molecule has 3 rings (SSSR count). The Morgan fingerprint density at radius 3 is 2.80 bits per heavy atom.